The van der Waals surface area contributed by atoms with Crippen molar-refractivity contribution in [1.29, 1.82) is 0 Å². The number of aromatic amines is 1. The molecule has 3 nitrogen and oxygen atoms in total. The number of halogens is 1. The minimum atomic E-state index is 0. The number of aryl methyl sites for hydroxylation is 1. The molecule has 0 aromatic carbocycles. The van der Waals surface area contributed by atoms with Crippen LogP contribution in [0.1, 0.15) is 23.7 Å². The topological polar surface area (TPSA) is 54.7 Å². The van der Waals surface area contributed by atoms with E-state index in [4.69, 9.17) is 5.73 Å². The van der Waals surface area contributed by atoms with Gasteiger partial charge in [-0.05, 0) is 12.8 Å². The standard InChI is InChI=1S/C6H9N3.ClH/c7-5-1-2-6-4(5)3-8-9-6;/h3,5H,1-2,7H2,(H,8,9);1H. The van der Waals surface area contributed by atoms with Gasteiger partial charge < -0.3 is 5.73 Å². The van der Waals surface area contributed by atoms with Crippen LogP contribution in [0.5, 0.6) is 0 Å². The third-order valence-electron chi connectivity index (χ3n) is 1.86. The summed E-state index contributed by atoms with van der Waals surface area (Å²) in [6, 6.07) is 0.235. The van der Waals surface area contributed by atoms with Crippen molar-refractivity contribution in [3.63, 3.8) is 0 Å². The predicted octanol–water partition coefficient (Wildman–Crippen LogP) is 0.778. The van der Waals surface area contributed by atoms with Crippen LogP contribution in [-0.2, 0) is 6.42 Å². The van der Waals surface area contributed by atoms with E-state index in [0.717, 1.165) is 12.8 Å². The first-order chi connectivity index (χ1) is 4.38. The van der Waals surface area contributed by atoms with E-state index in [2.05, 4.69) is 10.2 Å². The normalized spacial score (nSPS) is 21.9. The molecule has 1 aliphatic carbocycles. The maximum absolute atomic E-state index is 5.73. The predicted molar refractivity (Wildman–Crippen MR) is 41.1 cm³/mol. The second kappa shape index (κ2) is 2.60. The van der Waals surface area contributed by atoms with Crippen LogP contribution in [0.3, 0.4) is 0 Å². The summed E-state index contributed by atoms with van der Waals surface area (Å²) in [5.74, 6) is 0. The number of hydrogen-bond donors (Lipinski definition) is 2. The van der Waals surface area contributed by atoms with Gasteiger partial charge >= 0.3 is 0 Å². The van der Waals surface area contributed by atoms with Crippen LogP contribution in [0, 0.1) is 0 Å². The van der Waals surface area contributed by atoms with Crippen LogP contribution in [0.4, 0.5) is 0 Å². The number of aromatic nitrogens is 2. The molecule has 1 aliphatic rings. The van der Waals surface area contributed by atoms with Gasteiger partial charge in [0.25, 0.3) is 0 Å². The van der Waals surface area contributed by atoms with Crippen molar-refractivity contribution in [1.82, 2.24) is 10.2 Å². The monoisotopic (exact) mass is 159 g/mol. The molecular formula is C6H10ClN3. The van der Waals surface area contributed by atoms with E-state index < -0.39 is 0 Å². The Morgan fingerprint density at radius 2 is 2.50 bits per heavy atom. The van der Waals surface area contributed by atoms with Gasteiger partial charge in [0.15, 0.2) is 0 Å². The molecule has 1 aromatic rings. The van der Waals surface area contributed by atoms with Crippen molar-refractivity contribution in [2.45, 2.75) is 18.9 Å². The van der Waals surface area contributed by atoms with E-state index >= 15 is 0 Å². The average molecular weight is 160 g/mol. The van der Waals surface area contributed by atoms with E-state index in [-0.39, 0.29) is 18.4 Å². The third-order valence-corrected chi connectivity index (χ3v) is 1.86. The minimum Gasteiger partial charge on any atom is -0.324 e. The molecule has 1 heterocycles. The lowest BCUT2D eigenvalue weighted by molar-refractivity contribution is 0.703. The van der Waals surface area contributed by atoms with Crippen molar-refractivity contribution in [2.24, 2.45) is 5.73 Å². The molecule has 0 spiro atoms. The van der Waals surface area contributed by atoms with Crippen molar-refractivity contribution >= 4 is 12.4 Å². The maximum Gasteiger partial charge on any atom is 0.0537 e. The smallest absolute Gasteiger partial charge is 0.0537 e. The Hall–Kier alpha value is -0.540. The highest BCUT2D eigenvalue weighted by atomic mass is 35.5. The van der Waals surface area contributed by atoms with Gasteiger partial charge in [0, 0.05) is 17.3 Å². The summed E-state index contributed by atoms with van der Waals surface area (Å²) in [6.45, 7) is 0. The number of nitrogens with zero attached hydrogens (tertiary/aromatic N) is 1. The summed E-state index contributed by atoms with van der Waals surface area (Å²) >= 11 is 0. The van der Waals surface area contributed by atoms with Crippen LogP contribution in [0.15, 0.2) is 6.20 Å². The lowest BCUT2D eigenvalue weighted by atomic mass is 10.2. The molecule has 0 bridgehead atoms. The van der Waals surface area contributed by atoms with E-state index in [1.54, 1.807) is 0 Å². The van der Waals surface area contributed by atoms with Crippen LogP contribution in [0.25, 0.3) is 0 Å². The average Bonchev–Trinajstić information content (AvgIpc) is 2.35. The molecule has 0 radical (unpaired) electrons. The summed E-state index contributed by atoms with van der Waals surface area (Å²) in [7, 11) is 0. The molecule has 0 fully saturated rings. The molecule has 1 unspecified atom stereocenters. The zero-order valence-electron chi connectivity index (χ0n) is 5.50. The third kappa shape index (κ3) is 0.914. The van der Waals surface area contributed by atoms with E-state index in [0.29, 0.717) is 0 Å². The van der Waals surface area contributed by atoms with Gasteiger partial charge in [0.05, 0.1) is 6.20 Å². The molecule has 10 heavy (non-hydrogen) atoms. The Labute approximate surface area is 65.4 Å². The lowest BCUT2D eigenvalue weighted by Gasteiger charge is -1.96. The highest BCUT2D eigenvalue weighted by Gasteiger charge is 2.19. The zero-order valence-corrected chi connectivity index (χ0v) is 6.32. The molecule has 1 aromatic heterocycles. The first kappa shape index (κ1) is 7.57. The zero-order chi connectivity index (χ0) is 6.27. The summed E-state index contributed by atoms with van der Waals surface area (Å²) in [6.07, 6.45) is 3.97. The molecule has 1 atom stereocenters. The van der Waals surface area contributed by atoms with E-state index in [1.807, 2.05) is 6.20 Å². The SMILES string of the molecule is Cl.NC1CCc2[nH]ncc21. The van der Waals surface area contributed by atoms with Crippen molar-refractivity contribution < 1.29 is 0 Å². The molecule has 0 saturated heterocycles. The Morgan fingerprint density at radius 1 is 1.70 bits per heavy atom. The van der Waals surface area contributed by atoms with Gasteiger partial charge in [-0.3, -0.25) is 5.10 Å². The largest absolute Gasteiger partial charge is 0.324 e. The quantitative estimate of drug-likeness (QED) is 0.588. The first-order valence-corrected chi connectivity index (χ1v) is 3.15. The van der Waals surface area contributed by atoms with Crippen LogP contribution >= 0.6 is 12.4 Å². The molecular weight excluding hydrogens is 150 g/mol. The first-order valence-electron chi connectivity index (χ1n) is 3.15. The van der Waals surface area contributed by atoms with Gasteiger partial charge in [-0.1, -0.05) is 0 Å². The molecule has 2 rings (SSSR count). The maximum atomic E-state index is 5.73. The fourth-order valence-electron chi connectivity index (χ4n) is 1.30. The van der Waals surface area contributed by atoms with E-state index in [9.17, 15) is 0 Å². The Bertz CT molecular complexity index is 221. The Balaban J connectivity index is 0.000000500. The molecule has 0 aliphatic heterocycles. The highest BCUT2D eigenvalue weighted by Crippen LogP contribution is 2.26. The number of nitrogens with two attached hydrogens (primary N) is 1. The van der Waals surface area contributed by atoms with Crippen LogP contribution in [0.2, 0.25) is 0 Å². The Kier molecular flexibility index (Phi) is 1.97. The van der Waals surface area contributed by atoms with Gasteiger partial charge in [-0.15, -0.1) is 12.4 Å². The van der Waals surface area contributed by atoms with Gasteiger partial charge in [-0.25, -0.2) is 0 Å². The second-order valence-electron chi connectivity index (χ2n) is 2.45. The van der Waals surface area contributed by atoms with Crippen molar-refractivity contribution in [3.8, 4) is 0 Å². The number of fused-ring (bicyclic) bond motifs is 1. The summed E-state index contributed by atoms with van der Waals surface area (Å²) in [5, 5.41) is 6.81. The fraction of sp³-hybridized carbons (Fsp3) is 0.500. The minimum absolute atomic E-state index is 0. The molecule has 4 heteroatoms. The number of H-pyrrole nitrogens is 1. The summed E-state index contributed by atoms with van der Waals surface area (Å²) in [4.78, 5) is 0. The van der Waals surface area contributed by atoms with E-state index in [1.165, 1.54) is 11.3 Å². The molecule has 0 amide bonds. The van der Waals surface area contributed by atoms with Crippen molar-refractivity contribution in [3.05, 3.63) is 17.5 Å². The van der Waals surface area contributed by atoms with Crippen molar-refractivity contribution in [2.75, 3.05) is 0 Å². The second-order valence-corrected chi connectivity index (χ2v) is 2.45. The summed E-state index contributed by atoms with van der Waals surface area (Å²) < 4.78 is 0. The fourth-order valence-corrected chi connectivity index (χ4v) is 1.30. The van der Waals surface area contributed by atoms with Gasteiger partial charge in [0.1, 0.15) is 0 Å². The number of rotatable bonds is 0. The Morgan fingerprint density at radius 3 is 3.20 bits per heavy atom. The molecule has 3 N–H and O–H groups in total. The lowest BCUT2D eigenvalue weighted by Crippen LogP contribution is -2.03. The number of nitrogens with one attached hydrogen (secondary N) is 1. The van der Waals surface area contributed by atoms with Gasteiger partial charge in [-0.2, -0.15) is 5.10 Å². The highest BCUT2D eigenvalue weighted by molar-refractivity contribution is 5.85. The van der Waals surface area contributed by atoms with Crippen LogP contribution < -0.4 is 5.73 Å². The molecule has 56 valence electrons. The summed E-state index contributed by atoms with van der Waals surface area (Å²) in [5.41, 5.74) is 8.16. The molecule has 0 saturated carbocycles. The van der Waals surface area contributed by atoms with Crippen LogP contribution in [-0.4, -0.2) is 10.2 Å². The van der Waals surface area contributed by atoms with Gasteiger partial charge in [0.2, 0.25) is 0 Å². The number of hydrogen-bond acceptors (Lipinski definition) is 2.